The number of ether oxygens (including phenoxy) is 4. The molecule has 0 spiro atoms. The minimum atomic E-state index is -0.603. The first-order valence-corrected chi connectivity index (χ1v) is 13.4. The Hall–Kier alpha value is -3.28. The van der Waals surface area contributed by atoms with E-state index in [2.05, 4.69) is 20.8 Å². The van der Waals surface area contributed by atoms with Crippen molar-refractivity contribution in [1.29, 1.82) is 0 Å². The molecule has 0 bridgehead atoms. The molecule has 2 rings (SSSR count). The van der Waals surface area contributed by atoms with Gasteiger partial charge in [-0.05, 0) is 110 Å². The third-order valence-electron chi connectivity index (χ3n) is 5.36. The number of allylic oxidation sites excluding steroid dienone is 1. The molecule has 2 aromatic carbocycles. The molecule has 0 amide bonds. The number of carbonyl (C=O) groups excluding carboxylic acids is 2. The van der Waals surface area contributed by atoms with Crippen LogP contribution >= 0.6 is 0 Å². The third kappa shape index (κ3) is 10.1. The first kappa shape index (κ1) is 31.9. The van der Waals surface area contributed by atoms with E-state index in [0.29, 0.717) is 22.8 Å². The molecule has 214 valence electrons. The average molecular weight is 539 g/mol. The van der Waals surface area contributed by atoms with Crippen molar-refractivity contribution >= 4 is 17.8 Å². The molecule has 0 fully saturated rings. The summed E-state index contributed by atoms with van der Waals surface area (Å²) in [5.41, 5.74) is 0.559. The van der Waals surface area contributed by atoms with Crippen molar-refractivity contribution < 1.29 is 28.5 Å². The molecule has 0 N–H and O–H groups in total. The van der Waals surface area contributed by atoms with Crippen molar-refractivity contribution in [1.82, 2.24) is 0 Å². The van der Waals surface area contributed by atoms with Crippen LogP contribution in [-0.2, 0) is 14.9 Å². The Bertz CT molecular complexity index is 1180. The van der Waals surface area contributed by atoms with E-state index in [-0.39, 0.29) is 24.0 Å². The molecule has 6 heteroatoms. The smallest absolute Gasteiger partial charge is 0.314 e. The normalized spacial score (nSPS) is 12.8. The van der Waals surface area contributed by atoms with Crippen LogP contribution in [0.2, 0.25) is 0 Å². The number of rotatable bonds is 8. The summed E-state index contributed by atoms with van der Waals surface area (Å²) in [7, 11) is 0. The van der Waals surface area contributed by atoms with Gasteiger partial charge in [0.2, 0.25) is 6.79 Å². The zero-order chi connectivity index (χ0) is 29.8. The van der Waals surface area contributed by atoms with Crippen LogP contribution in [0.5, 0.6) is 17.2 Å². The molecular formula is C33H46O6. The third-order valence-corrected chi connectivity index (χ3v) is 5.36. The van der Waals surface area contributed by atoms with Crippen LogP contribution in [0.15, 0.2) is 42.5 Å². The zero-order valence-corrected chi connectivity index (χ0v) is 25.8. The largest absolute Gasteiger partial charge is 0.487 e. The summed E-state index contributed by atoms with van der Waals surface area (Å²) in [5.74, 6) is 1.32. The Kier molecular flexibility index (Phi) is 9.70. The average Bonchev–Trinajstić information content (AvgIpc) is 2.75. The second kappa shape index (κ2) is 11.8. The number of hydrogen-bond donors (Lipinski definition) is 0. The number of ketones is 1. The number of carbonyl (C=O) groups is 2. The van der Waals surface area contributed by atoms with E-state index < -0.39 is 16.6 Å². The SMILES string of the molecule is CC(C)(C)Oc1ccc(C(C)(C)C)c(OC(C)(C)C)c1C=CC(=O)c1ccc(OCOC(=O)C(C)(C)C)cc1. The van der Waals surface area contributed by atoms with E-state index in [1.807, 2.05) is 53.7 Å². The maximum Gasteiger partial charge on any atom is 0.314 e. The summed E-state index contributed by atoms with van der Waals surface area (Å²) in [6, 6.07) is 10.7. The summed E-state index contributed by atoms with van der Waals surface area (Å²) in [6.45, 7) is 23.5. The van der Waals surface area contributed by atoms with E-state index in [1.54, 1.807) is 51.1 Å². The van der Waals surface area contributed by atoms with Gasteiger partial charge in [-0.25, -0.2) is 0 Å². The first-order valence-electron chi connectivity index (χ1n) is 13.4. The maximum atomic E-state index is 13.1. The molecular weight excluding hydrogens is 492 g/mol. The van der Waals surface area contributed by atoms with Gasteiger partial charge in [-0.15, -0.1) is 0 Å². The molecule has 0 saturated heterocycles. The highest BCUT2D eigenvalue weighted by atomic mass is 16.7. The van der Waals surface area contributed by atoms with Gasteiger partial charge >= 0.3 is 5.97 Å². The van der Waals surface area contributed by atoms with E-state index in [9.17, 15) is 9.59 Å². The van der Waals surface area contributed by atoms with Crippen molar-refractivity contribution in [2.45, 2.75) is 99.7 Å². The van der Waals surface area contributed by atoms with Crippen LogP contribution in [0.3, 0.4) is 0 Å². The second-order valence-electron chi connectivity index (χ2n) is 13.7. The Labute approximate surface area is 234 Å². The van der Waals surface area contributed by atoms with Crippen molar-refractivity contribution in [2.75, 3.05) is 6.79 Å². The number of hydrogen-bond acceptors (Lipinski definition) is 6. The lowest BCUT2D eigenvalue weighted by molar-refractivity contribution is -0.159. The Balaban J connectivity index is 2.37. The van der Waals surface area contributed by atoms with E-state index in [0.717, 1.165) is 11.1 Å². The van der Waals surface area contributed by atoms with E-state index in [1.165, 1.54) is 6.08 Å². The predicted octanol–water partition coefficient (Wildman–Crippen LogP) is 8.16. The summed E-state index contributed by atoms with van der Waals surface area (Å²) >= 11 is 0. The number of benzene rings is 2. The zero-order valence-electron chi connectivity index (χ0n) is 25.8. The highest BCUT2D eigenvalue weighted by molar-refractivity contribution is 6.07. The van der Waals surface area contributed by atoms with Gasteiger partial charge in [0, 0.05) is 11.1 Å². The van der Waals surface area contributed by atoms with Crippen LogP contribution < -0.4 is 14.2 Å². The van der Waals surface area contributed by atoms with Crippen LogP contribution in [0.25, 0.3) is 6.08 Å². The second-order valence-corrected chi connectivity index (χ2v) is 13.7. The fourth-order valence-corrected chi connectivity index (χ4v) is 3.50. The summed E-state index contributed by atoms with van der Waals surface area (Å²) < 4.78 is 23.4. The molecule has 0 atom stereocenters. The van der Waals surface area contributed by atoms with Gasteiger partial charge in [-0.3, -0.25) is 9.59 Å². The highest BCUT2D eigenvalue weighted by Gasteiger charge is 2.28. The van der Waals surface area contributed by atoms with Gasteiger partial charge in [0.15, 0.2) is 5.78 Å². The predicted molar refractivity (Wildman–Crippen MR) is 157 cm³/mol. The van der Waals surface area contributed by atoms with E-state index in [4.69, 9.17) is 18.9 Å². The summed E-state index contributed by atoms with van der Waals surface area (Å²) in [4.78, 5) is 25.0. The van der Waals surface area contributed by atoms with Gasteiger partial charge in [0.25, 0.3) is 0 Å². The summed E-state index contributed by atoms with van der Waals surface area (Å²) in [6.07, 6.45) is 3.31. The highest BCUT2D eigenvalue weighted by Crippen LogP contribution is 2.42. The summed E-state index contributed by atoms with van der Waals surface area (Å²) in [5, 5.41) is 0. The monoisotopic (exact) mass is 538 g/mol. The number of esters is 1. The van der Waals surface area contributed by atoms with Gasteiger partial charge in [0.05, 0.1) is 11.0 Å². The van der Waals surface area contributed by atoms with Gasteiger partial charge in [-0.1, -0.05) is 26.8 Å². The fraction of sp³-hybridized carbons (Fsp3) is 0.515. The standard InChI is InChI=1S/C33H46O6/c1-30(2,3)25-18-20-27(38-32(7,8)9)24(28(25)39-33(10,11)12)17-19-26(34)22-13-15-23(16-14-22)36-21-37-29(35)31(4,5)6/h13-20H,21H2,1-12H3. The van der Waals surface area contributed by atoms with E-state index >= 15 is 0 Å². The Morgan fingerprint density at radius 3 is 1.79 bits per heavy atom. The van der Waals surface area contributed by atoms with Gasteiger partial charge in [-0.2, -0.15) is 0 Å². The molecule has 0 aliphatic rings. The van der Waals surface area contributed by atoms with Crippen LogP contribution in [0, 0.1) is 5.41 Å². The molecule has 0 unspecified atom stereocenters. The molecule has 0 aliphatic carbocycles. The Morgan fingerprint density at radius 1 is 0.744 bits per heavy atom. The van der Waals surface area contributed by atoms with Crippen LogP contribution in [0.4, 0.5) is 0 Å². The minimum absolute atomic E-state index is 0.176. The molecule has 0 saturated carbocycles. The quantitative estimate of drug-likeness (QED) is 0.146. The molecule has 0 aliphatic heterocycles. The molecule has 0 aromatic heterocycles. The molecule has 39 heavy (non-hydrogen) atoms. The lowest BCUT2D eigenvalue weighted by atomic mass is 9.84. The fourth-order valence-electron chi connectivity index (χ4n) is 3.50. The van der Waals surface area contributed by atoms with Crippen molar-refractivity contribution in [3.8, 4) is 17.2 Å². The van der Waals surface area contributed by atoms with Gasteiger partial charge < -0.3 is 18.9 Å². The van der Waals surface area contributed by atoms with Crippen molar-refractivity contribution in [3.05, 3.63) is 59.2 Å². The molecule has 0 radical (unpaired) electrons. The first-order chi connectivity index (χ1) is 17.7. The maximum absolute atomic E-state index is 13.1. The lowest BCUT2D eigenvalue weighted by Gasteiger charge is -2.31. The van der Waals surface area contributed by atoms with Crippen molar-refractivity contribution in [3.63, 3.8) is 0 Å². The lowest BCUT2D eigenvalue weighted by Crippen LogP contribution is -2.27. The minimum Gasteiger partial charge on any atom is -0.487 e. The topological polar surface area (TPSA) is 71.1 Å². The van der Waals surface area contributed by atoms with Crippen molar-refractivity contribution in [2.24, 2.45) is 5.41 Å². The molecule has 0 heterocycles. The van der Waals surface area contributed by atoms with Gasteiger partial charge in [0.1, 0.15) is 28.5 Å². The molecule has 2 aromatic rings. The van der Waals surface area contributed by atoms with Crippen LogP contribution in [-0.4, -0.2) is 29.7 Å². The van der Waals surface area contributed by atoms with Crippen LogP contribution in [0.1, 0.15) is 105 Å². The Morgan fingerprint density at radius 2 is 1.31 bits per heavy atom. The molecule has 6 nitrogen and oxygen atoms in total.